The minimum Gasteiger partial charge on any atom is -0.236 e. The molecule has 0 aromatic carbocycles. The molecule has 0 aliphatic heterocycles. The first kappa shape index (κ1) is 10.1. The summed E-state index contributed by atoms with van der Waals surface area (Å²) in [4.78, 5) is 0. The van der Waals surface area contributed by atoms with E-state index in [1.54, 1.807) is 0 Å². The van der Waals surface area contributed by atoms with E-state index in [0.29, 0.717) is 6.92 Å². The lowest BCUT2D eigenvalue weighted by atomic mass is 9.94. The molecule has 0 bridgehead atoms. The highest BCUT2D eigenvalue weighted by Gasteiger charge is 2.50. The maximum atomic E-state index is 12.8. The van der Waals surface area contributed by atoms with Crippen LogP contribution in [-0.4, -0.2) is 11.8 Å². The summed E-state index contributed by atoms with van der Waals surface area (Å²) in [6.45, 7) is 0.290. The summed E-state index contributed by atoms with van der Waals surface area (Å²) in [7, 11) is 0. The van der Waals surface area contributed by atoms with Crippen molar-refractivity contribution in [3.05, 3.63) is 23.3 Å². The zero-order chi connectivity index (χ0) is 10.4. The minimum absolute atomic E-state index is 0.290. The van der Waals surface area contributed by atoms with Crippen LogP contribution in [0.25, 0.3) is 0 Å². The first-order chi connectivity index (χ1) is 5.80. The summed E-state index contributed by atoms with van der Waals surface area (Å²) in [5.41, 5.74) is -3.48. The Hall–Kier alpha value is -0.940. The van der Waals surface area contributed by atoms with Crippen LogP contribution in [0, 0.1) is 0 Å². The van der Waals surface area contributed by atoms with E-state index in [0.717, 1.165) is 0 Å². The number of allylic oxidation sites excluding steroid dienone is 4. The lowest BCUT2D eigenvalue weighted by Crippen LogP contribution is -2.36. The zero-order valence-corrected chi connectivity index (χ0v) is 6.35. The van der Waals surface area contributed by atoms with Crippen molar-refractivity contribution < 1.29 is 26.3 Å². The quantitative estimate of drug-likeness (QED) is 0.528. The van der Waals surface area contributed by atoms with Crippen molar-refractivity contribution in [3.63, 3.8) is 0 Å². The first-order valence-corrected chi connectivity index (χ1v) is 3.24. The lowest BCUT2D eigenvalue weighted by molar-refractivity contribution is 0.0729. The van der Waals surface area contributed by atoms with Gasteiger partial charge in [-0.1, -0.05) is 0 Å². The lowest BCUT2D eigenvalue weighted by Gasteiger charge is -2.25. The highest BCUT2D eigenvalue weighted by Crippen LogP contribution is 2.43. The zero-order valence-electron chi connectivity index (χ0n) is 6.35. The van der Waals surface area contributed by atoms with Crippen molar-refractivity contribution in [2.45, 2.75) is 18.8 Å². The molecule has 0 spiro atoms. The number of hydrogen-bond donors (Lipinski definition) is 0. The molecule has 0 saturated heterocycles. The molecular formula is C7H4F6. The molecule has 1 rings (SSSR count). The third-order valence-electron chi connectivity index (χ3n) is 1.72. The maximum absolute atomic E-state index is 12.8. The van der Waals surface area contributed by atoms with E-state index < -0.39 is 35.1 Å². The van der Waals surface area contributed by atoms with E-state index in [1.165, 1.54) is 0 Å². The Labute approximate surface area is 69.5 Å². The van der Waals surface area contributed by atoms with Gasteiger partial charge in [0.25, 0.3) is 0 Å². The Morgan fingerprint density at radius 1 is 1.08 bits per heavy atom. The molecule has 2 atom stereocenters. The van der Waals surface area contributed by atoms with Gasteiger partial charge in [-0.3, -0.25) is 0 Å². The molecule has 0 nitrogen and oxygen atoms in total. The van der Waals surface area contributed by atoms with Crippen LogP contribution >= 0.6 is 0 Å². The van der Waals surface area contributed by atoms with Crippen molar-refractivity contribution in [3.8, 4) is 0 Å². The second-order valence-corrected chi connectivity index (χ2v) is 2.73. The minimum atomic E-state index is -3.48. The molecule has 2 unspecified atom stereocenters. The second kappa shape index (κ2) is 2.78. The van der Waals surface area contributed by atoms with Gasteiger partial charge in [0.05, 0.1) is 0 Å². The summed E-state index contributed by atoms with van der Waals surface area (Å²) >= 11 is 0. The van der Waals surface area contributed by atoms with Gasteiger partial charge in [-0.05, 0) is 6.92 Å². The molecule has 0 saturated carbocycles. The Bertz CT molecular complexity index is 300. The number of alkyl halides is 2. The standard InChI is InChI=1S/C7H4F6/c1-7(13)5(11)3(9)2(8)4(10)6(7)12/h5H,1H3. The number of halogens is 6. The molecule has 6 heteroatoms. The predicted octanol–water partition coefficient (Wildman–Crippen LogP) is 3.37. The molecule has 74 valence electrons. The van der Waals surface area contributed by atoms with Crippen molar-refractivity contribution in [2.75, 3.05) is 0 Å². The Morgan fingerprint density at radius 3 is 2.00 bits per heavy atom. The highest BCUT2D eigenvalue weighted by atomic mass is 19.2. The molecular weight excluding hydrogens is 198 g/mol. The predicted molar refractivity (Wildman–Crippen MR) is 32.9 cm³/mol. The molecule has 0 aromatic rings. The van der Waals surface area contributed by atoms with Crippen LogP contribution in [0.2, 0.25) is 0 Å². The van der Waals surface area contributed by atoms with E-state index in [4.69, 9.17) is 0 Å². The van der Waals surface area contributed by atoms with Gasteiger partial charge in [0.1, 0.15) is 0 Å². The molecule has 0 fully saturated rings. The molecule has 0 amide bonds. The Morgan fingerprint density at radius 2 is 1.54 bits per heavy atom. The van der Waals surface area contributed by atoms with Crippen LogP contribution in [0.5, 0.6) is 0 Å². The van der Waals surface area contributed by atoms with Gasteiger partial charge >= 0.3 is 0 Å². The molecule has 0 heterocycles. The molecule has 0 aromatic heterocycles. The average molecular weight is 202 g/mol. The monoisotopic (exact) mass is 202 g/mol. The Kier molecular flexibility index (Phi) is 2.17. The summed E-state index contributed by atoms with van der Waals surface area (Å²) in [5.74, 6) is -9.17. The van der Waals surface area contributed by atoms with Crippen molar-refractivity contribution in [2.24, 2.45) is 0 Å². The highest BCUT2D eigenvalue weighted by molar-refractivity contribution is 5.38. The van der Waals surface area contributed by atoms with Crippen LogP contribution in [0.4, 0.5) is 26.3 Å². The normalized spacial score (nSPS) is 35.8. The van der Waals surface area contributed by atoms with E-state index in [9.17, 15) is 26.3 Å². The van der Waals surface area contributed by atoms with Gasteiger partial charge in [-0.25, -0.2) is 26.3 Å². The molecule has 0 N–H and O–H groups in total. The fraction of sp³-hybridized carbons (Fsp3) is 0.429. The Balaban J connectivity index is 3.32. The summed E-state index contributed by atoms with van der Waals surface area (Å²) < 4.78 is 74.8. The first-order valence-electron chi connectivity index (χ1n) is 3.24. The largest absolute Gasteiger partial charge is 0.236 e. The third kappa shape index (κ3) is 1.24. The number of rotatable bonds is 0. The molecule has 1 aliphatic carbocycles. The second-order valence-electron chi connectivity index (χ2n) is 2.73. The van der Waals surface area contributed by atoms with Crippen LogP contribution in [0.1, 0.15) is 6.92 Å². The average Bonchev–Trinajstić information content (AvgIpc) is 2.09. The van der Waals surface area contributed by atoms with E-state index >= 15 is 0 Å². The molecule has 1 aliphatic rings. The van der Waals surface area contributed by atoms with Gasteiger partial charge in [-0.15, -0.1) is 0 Å². The van der Waals surface area contributed by atoms with Gasteiger partial charge in [0.2, 0.25) is 0 Å². The number of hydrogen-bond acceptors (Lipinski definition) is 0. The fourth-order valence-corrected chi connectivity index (χ4v) is 0.876. The van der Waals surface area contributed by atoms with Crippen molar-refractivity contribution in [1.82, 2.24) is 0 Å². The van der Waals surface area contributed by atoms with Crippen molar-refractivity contribution in [1.29, 1.82) is 0 Å². The topological polar surface area (TPSA) is 0 Å². The van der Waals surface area contributed by atoms with E-state index in [1.807, 2.05) is 0 Å². The van der Waals surface area contributed by atoms with Gasteiger partial charge in [-0.2, -0.15) is 0 Å². The smallest absolute Gasteiger partial charge is 0.199 e. The van der Waals surface area contributed by atoms with Gasteiger partial charge in [0.15, 0.2) is 35.1 Å². The molecule has 0 radical (unpaired) electrons. The van der Waals surface area contributed by atoms with Gasteiger partial charge < -0.3 is 0 Å². The van der Waals surface area contributed by atoms with E-state index in [2.05, 4.69) is 0 Å². The summed E-state index contributed by atoms with van der Waals surface area (Å²) in [6, 6.07) is 0. The maximum Gasteiger partial charge on any atom is 0.199 e. The molecule has 13 heavy (non-hydrogen) atoms. The van der Waals surface area contributed by atoms with Crippen LogP contribution in [0.3, 0.4) is 0 Å². The summed E-state index contributed by atoms with van der Waals surface area (Å²) in [6.07, 6.45) is -3.15. The van der Waals surface area contributed by atoms with Gasteiger partial charge in [0, 0.05) is 0 Å². The van der Waals surface area contributed by atoms with Crippen LogP contribution in [-0.2, 0) is 0 Å². The third-order valence-corrected chi connectivity index (χ3v) is 1.72. The van der Waals surface area contributed by atoms with E-state index in [-0.39, 0.29) is 0 Å². The van der Waals surface area contributed by atoms with Crippen molar-refractivity contribution >= 4 is 0 Å². The summed E-state index contributed by atoms with van der Waals surface area (Å²) in [5, 5.41) is 0. The van der Waals surface area contributed by atoms with Crippen LogP contribution in [0.15, 0.2) is 23.3 Å². The SMILES string of the molecule is CC1(F)C(F)=C(F)C(F)=C(F)C1F. The fourth-order valence-electron chi connectivity index (χ4n) is 0.876. The van der Waals surface area contributed by atoms with Crippen LogP contribution < -0.4 is 0 Å².